The van der Waals surface area contributed by atoms with E-state index >= 15 is 0 Å². The van der Waals surface area contributed by atoms with Gasteiger partial charge in [-0.05, 0) is 29.2 Å². The summed E-state index contributed by atoms with van der Waals surface area (Å²) in [7, 11) is 1.67. The smallest absolute Gasteiger partial charge is 0.189 e. The number of nitrogens with two attached hydrogens (primary N) is 1. The van der Waals surface area contributed by atoms with Crippen molar-refractivity contribution in [2.24, 2.45) is 10.7 Å². The third-order valence-corrected chi connectivity index (χ3v) is 4.32. The SMILES string of the molecule is COCC(C)NC(N)=NCc1ccccc1-c1ccc(Cn2cncn2)cc1. The molecule has 0 aliphatic heterocycles. The fourth-order valence-corrected chi connectivity index (χ4v) is 2.99. The van der Waals surface area contributed by atoms with Crippen LogP contribution >= 0.6 is 0 Å². The minimum absolute atomic E-state index is 0.113. The lowest BCUT2D eigenvalue weighted by atomic mass is 9.98. The van der Waals surface area contributed by atoms with Crippen LogP contribution in [0.2, 0.25) is 0 Å². The van der Waals surface area contributed by atoms with E-state index in [1.165, 1.54) is 5.56 Å². The van der Waals surface area contributed by atoms with Gasteiger partial charge in [0.1, 0.15) is 12.7 Å². The van der Waals surface area contributed by atoms with Crippen molar-refractivity contribution in [2.75, 3.05) is 13.7 Å². The van der Waals surface area contributed by atoms with E-state index in [4.69, 9.17) is 10.5 Å². The molecule has 7 heteroatoms. The topological polar surface area (TPSA) is 90.3 Å². The van der Waals surface area contributed by atoms with E-state index in [2.05, 4.69) is 56.8 Å². The molecule has 0 saturated carbocycles. The molecule has 3 aromatic rings. The predicted molar refractivity (Wildman–Crippen MR) is 111 cm³/mol. The zero-order valence-electron chi connectivity index (χ0n) is 16.2. The molecular formula is C21H26N6O. The van der Waals surface area contributed by atoms with E-state index < -0.39 is 0 Å². The summed E-state index contributed by atoms with van der Waals surface area (Å²) in [5.74, 6) is 0.419. The molecule has 7 nitrogen and oxygen atoms in total. The molecule has 1 aromatic heterocycles. The van der Waals surface area contributed by atoms with E-state index in [9.17, 15) is 0 Å². The van der Waals surface area contributed by atoms with Crippen LogP contribution in [-0.4, -0.2) is 40.5 Å². The molecule has 0 bridgehead atoms. The Morgan fingerprint density at radius 2 is 2.00 bits per heavy atom. The Morgan fingerprint density at radius 3 is 2.71 bits per heavy atom. The molecule has 0 saturated heterocycles. The van der Waals surface area contributed by atoms with Crippen molar-refractivity contribution >= 4 is 5.96 Å². The summed E-state index contributed by atoms with van der Waals surface area (Å²) >= 11 is 0. The maximum atomic E-state index is 6.00. The zero-order valence-corrected chi connectivity index (χ0v) is 16.2. The highest BCUT2D eigenvalue weighted by atomic mass is 16.5. The Morgan fingerprint density at radius 1 is 1.21 bits per heavy atom. The van der Waals surface area contributed by atoms with Crippen LogP contribution < -0.4 is 11.1 Å². The van der Waals surface area contributed by atoms with Crippen LogP contribution in [0.15, 0.2) is 66.2 Å². The highest BCUT2D eigenvalue weighted by Gasteiger charge is 2.06. The molecule has 146 valence electrons. The van der Waals surface area contributed by atoms with Gasteiger partial charge in [-0.1, -0.05) is 48.5 Å². The lowest BCUT2D eigenvalue weighted by Gasteiger charge is -2.14. The summed E-state index contributed by atoms with van der Waals surface area (Å²) in [5.41, 5.74) is 10.6. The number of ether oxygens (including phenoxy) is 1. The first-order valence-corrected chi connectivity index (χ1v) is 9.20. The average Bonchev–Trinajstić information content (AvgIpc) is 3.20. The Kier molecular flexibility index (Phi) is 6.75. The summed E-state index contributed by atoms with van der Waals surface area (Å²) < 4.78 is 6.91. The van der Waals surface area contributed by atoms with E-state index in [0.29, 0.717) is 25.7 Å². The predicted octanol–water partition coefficient (Wildman–Crippen LogP) is 2.43. The summed E-state index contributed by atoms with van der Waals surface area (Å²) in [6.07, 6.45) is 3.26. The molecule has 28 heavy (non-hydrogen) atoms. The van der Waals surface area contributed by atoms with Crippen LogP contribution in [0.3, 0.4) is 0 Å². The maximum Gasteiger partial charge on any atom is 0.189 e. The van der Waals surface area contributed by atoms with Crippen molar-refractivity contribution in [1.82, 2.24) is 20.1 Å². The molecule has 0 spiro atoms. The van der Waals surface area contributed by atoms with Crippen molar-refractivity contribution in [3.63, 3.8) is 0 Å². The molecule has 2 aromatic carbocycles. The molecule has 0 radical (unpaired) electrons. The Bertz CT molecular complexity index is 890. The Hall–Kier alpha value is -3.19. The minimum atomic E-state index is 0.113. The van der Waals surface area contributed by atoms with Crippen molar-refractivity contribution < 1.29 is 4.74 Å². The molecule has 3 rings (SSSR count). The summed E-state index contributed by atoms with van der Waals surface area (Å²) in [6, 6.07) is 16.8. The van der Waals surface area contributed by atoms with E-state index in [-0.39, 0.29) is 6.04 Å². The van der Waals surface area contributed by atoms with Gasteiger partial charge in [0, 0.05) is 13.2 Å². The summed E-state index contributed by atoms with van der Waals surface area (Å²) in [4.78, 5) is 8.45. The lowest BCUT2D eigenvalue weighted by molar-refractivity contribution is 0.179. The van der Waals surface area contributed by atoms with Gasteiger partial charge in [0.05, 0.1) is 19.7 Å². The molecule has 0 aliphatic carbocycles. The number of aliphatic imine (C=N–C) groups is 1. The molecule has 0 fully saturated rings. The van der Waals surface area contributed by atoms with Gasteiger partial charge in [-0.25, -0.2) is 14.7 Å². The normalized spacial score (nSPS) is 12.7. The molecule has 0 amide bonds. The molecule has 0 aliphatic rings. The first-order valence-electron chi connectivity index (χ1n) is 9.20. The monoisotopic (exact) mass is 378 g/mol. The fourth-order valence-electron chi connectivity index (χ4n) is 2.99. The second-order valence-electron chi connectivity index (χ2n) is 6.65. The number of rotatable bonds is 8. The van der Waals surface area contributed by atoms with Gasteiger partial charge < -0.3 is 15.8 Å². The van der Waals surface area contributed by atoms with Crippen molar-refractivity contribution in [2.45, 2.75) is 26.1 Å². The van der Waals surface area contributed by atoms with Gasteiger partial charge in [-0.15, -0.1) is 0 Å². The fraction of sp³-hybridized carbons (Fsp3) is 0.286. The number of aromatic nitrogens is 3. The molecule has 1 atom stereocenters. The second-order valence-corrected chi connectivity index (χ2v) is 6.65. The van der Waals surface area contributed by atoms with Crippen LogP contribution in [0.25, 0.3) is 11.1 Å². The number of methoxy groups -OCH3 is 1. The van der Waals surface area contributed by atoms with Crippen LogP contribution in [0.1, 0.15) is 18.1 Å². The van der Waals surface area contributed by atoms with Gasteiger partial charge in [-0.3, -0.25) is 0 Å². The quantitative estimate of drug-likeness (QED) is 0.464. The number of hydrogen-bond donors (Lipinski definition) is 2. The molecule has 3 N–H and O–H groups in total. The molecular weight excluding hydrogens is 352 g/mol. The average molecular weight is 378 g/mol. The second kappa shape index (κ2) is 9.66. The molecule has 1 unspecified atom stereocenters. The third kappa shape index (κ3) is 5.40. The zero-order chi connectivity index (χ0) is 19.8. The first kappa shape index (κ1) is 19.6. The van der Waals surface area contributed by atoms with Gasteiger partial charge in [0.15, 0.2) is 5.96 Å². The summed E-state index contributed by atoms with van der Waals surface area (Å²) in [5, 5.41) is 7.27. The number of guanidine groups is 1. The van der Waals surface area contributed by atoms with Crippen molar-refractivity contribution in [1.29, 1.82) is 0 Å². The highest BCUT2D eigenvalue weighted by molar-refractivity contribution is 5.78. The number of nitrogens with zero attached hydrogens (tertiary/aromatic N) is 4. The van der Waals surface area contributed by atoms with Crippen molar-refractivity contribution in [3.05, 3.63) is 72.3 Å². The van der Waals surface area contributed by atoms with Crippen LogP contribution in [0.5, 0.6) is 0 Å². The van der Waals surface area contributed by atoms with Gasteiger partial charge >= 0.3 is 0 Å². The molecule has 1 heterocycles. The first-order chi connectivity index (χ1) is 13.7. The number of nitrogens with one attached hydrogen (secondary N) is 1. The highest BCUT2D eigenvalue weighted by Crippen LogP contribution is 2.25. The Labute approximate surface area is 165 Å². The minimum Gasteiger partial charge on any atom is -0.383 e. The van der Waals surface area contributed by atoms with Crippen LogP contribution in [-0.2, 0) is 17.8 Å². The number of benzene rings is 2. The maximum absolute atomic E-state index is 6.00. The Balaban J connectivity index is 1.71. The van der Waals surface area contributed by atoms with E-state index in [1.54, 1.807) is 24.4 Å². The van der Waals surface area contributed by atoms with Gasteiger partial charge in [0.2, 0.25) is 0 Å². The van der Waals surface area contributed by atoms with E-state index in [0.717, 1.165) is 16.7 Å². The van der Waals surface area contributed by atoms with Crippen LogP contribution in [0.4, 0.5) is 0 Å². The van der Waals surface area contributed by atoms with E-state index in [1.807, 2.05) is 19.1 Å². The standard InChI is InChI=1S/C21H26N6O/c1-16(13-28-2)26-21(22)24-11-19-5-3-4-6-20(19)18-9-7-17(8-10-18)12-27-15-23-14-25-27/h3-10,14-16H,11-13H2,1-2H3,(H3,22,24,26). The van der Waals surface area contributed by atoms with Crippen molar-refractivity contribution in [3.8, 4) is 11.1 Å². The van der Waals surface area contributed by atoms with Crippen LogP contribution in [0, 0.1) is 0 Å². The largest absolute Gasteiger partial charge is 0.383 e. The third-order valence-electron chi connectivity index (χ3n) is 4.32. The summed E-state index contributed by atoms with van der Waals surface area (Å²) in [6.45, 7) is 3.79. The van der Waals surface area contributed by atoms with Gasteiger partial charge in [-0.2, -0.15) is 5.10 Å². The number of hydrogen-bond acceptors (Lipinski definition) is 4. The lowest BCUT2D eigenvalue weighted by Crippen LogP contribution is -2.40. The van der Waals surface area contributed by atoms with Gasteiger partial charge in [0.25, 0.3) is 0 Å².